The minimum absolute atomic E-state index is 0.0483. The molecule has 1 unspecified atom stereocenters. The van der Waals surface area contributed by atoms with Crippen LogP contribution in [0.3, 0.4) is 0 Å². The molecule has 5 heteroatoms. The molecular weight excluding hydrogens is 206 g/mol. The van der Waals surface area contributed by atoms with Gasteiger partial charge in [-0.3, -0.25) is 10.1 Å². The van der Waals surface area contributed by atoms with Crippen molar-refractivity contribution in [3.05, 3.63) is 38.9 Å². The highest BCUT2D eigenvalue weighted by atomic mass is 35.5. The summed E-state index contributed by atoms with van der Waals surface area (Å²) in [6.07, 6.45) is 0. The highest BCUT2D eigenvalue weighted by Crippen LogP contribution is 2.25. The lowest BCUT2D eigenvalue weighted by molar-refractivity contribution is -0.384. The summed E-state index contributed by atoms with van der Waals surface area (Å²) in [5.41, 5.74) is 0.625. The van der Waals surface area contributed by atoms with E-state index >= 15 is 0 Å². The summed E-state index contributed by atoms with van der Waals surface area (Å²) < 4.78 is 0. The number of benzene rings is 1. The third-order valence-electron chi connectivity index (χ3n) is 1.96. The van der Waals surface area contributed by atoms with Crippen molar-refractivity contribution in [3.8, 4) is 0 Å². The fourth-order valence-electron chi connectivity index (χ4n) is 1.09. The van der Waals surface area contributed by atoms with E-state index in [1.54, 1.807) is 13.0 Å². The Morgan fingerprint density at radius 2 is 2.21 bits per heavy atom. The molecule has 0 aliphatic heterocycles. The van der Waals surface area contributed by atoms with Crippen LogP contribution in [0.4, 0.5) is 5.69 Å². The van der Waals surface area contributed by atoms with E-state index < -0.39 is 4.92 Å². The molecule has 1 aromatic rings. The van der Waals surface area contributed by atoms with Gasteiger partial charge in [0.25, 0.3) is 5.69 Å². The fraction of sp³-hybridized carbons (Fsp3) is 0.333. The number of nitro groups is 1. The normalized spacial score (nSPS) is 12.5. The van der Waals surface area contributed by atoms with Gasteiger partial charge < -0.3 is 5.11 Å². The molecule has 1 aromatic carbocycles. The summed E-state index contributed by atoms with van der Waals surface area (Å²) in [6, 6.07) is 4.33. The van der Waals surface area contributed by atoms with E-state index in [4.69, 9.17) is 16.7 Å². The summed E-state index contributed by atoms with van der Waals surface area (Å²) >= 11 is 5.71. The van der Waals surface area contributed by atoms with Crippen LogP contribution in [-0.4, -0.2) is 16.6 Å². The average Bonchev–Trinajstić information content (AvgIpc) is 2.15. The van der Waals surface area contributed by atoms with Gasteiger partial charge >= 0.3 is 0 Å². The number of halogens is 1. The lowest BCUT2D eigenvalue weighted by Gasteiger charge is -2.07. The van der Waals surface area contributed by atoms with Crippen LogP contribution < -0.4 is 0 Å². The van der Waals surface area contributed by atoms with E-state index in [0.717, 1.165) is 0 Å². The van der Waals surface area contributed by atoms with Crippen molar-refractivity contribution >= 4 is 17.3 Å². The highest BCUT2D eigenvalue weighted by molar-refractivity contribution is 6.30. The Hall–Kier alpha value is -1.13. The van der Waals surface area contributed by atoms with Gasteiger partial charge in [-0.15, -0.1) is 0 Å². The number of nitro benzene ring substituents is 1. The number of hydrogen-bond donors (Lipinski definition) is 1. The van der Waals surface area contributed by atoms with E-state index in [0.29, 0.717) is 10.6 Å². The lowest BCUT2D eigenvalue weighted by Crippen LogP contribution is -2.00. The molecule has 0 amide bonds. The van der Waals surface area contributed by atoms with Crippen LogP contribution in [0, 0.1) is 10.1 Å². The minimum atomic E-state index is -0.501. The predicted octanol–water partition coefficient (Wildman–Crippen LogP) is 2.34. The molecule has 1 N–H and O–H groups in total. The Morgan fingerprint density at radius 1 is 1.57 bits per heavy atom. The van der Waals surface area contributed by atoms with Gasteiger partial charge in [0.1, 0.15) is 0 Å². The number of non-ortho nitro benzene ring substituents is 1. The van der Waals surface area contributed by atoms with Gasteiger partial charge in [0.2, 0.25) is 0 Å². The second kappa shape index (κ2) is 4.39. The Labute approximate surface area is 86.3 Å². The van der Waals surface area contributed by atoms with Crippen LogP contribution in [-0.2, 0) is 0 Å². The van der Waals surface area contributed by atoms with E-state index in [1.807, 2.05) is 0 Å². The van der Waals surface area contributed by atoms with Crippen molar-refractivity contribution in [2.24, 2.45) is 0 Å². The largest absolute Gasteiger partial charge is 0.396 e. The smallest absolute Gasteiger partial charge is 0.271 e. The standard InChI is InChI=1S/C9H10ClNO3/c1-6(5-12)7-2-8(10)4-9(3-7)11(13)14/h2-4,6,12H,5H2,1H3. The van der Waals surface area contributed by atoms with Crippen LogP contribution in [0.1, 0.15) is 18.4 Å². The molecule has 4 nitrogen and oxygen atoms in total. The third-order valence-corrected chi connectivity index (χ3v) is 2.18. The van der Waals surface area contributed by atoms with Crippen molar-refractivity contribution in [2.75, 3.05) is 6.61 Å². The van der Waals surface area contributed by atoms with Gasteiger partial charge in [-0.1, -0.05) is 18.5 Å². The van der Waals surface area contributed by atoms with Gasteiger partial charge in [-0.2, -0.15) is 0 Å². The zero-order valence-corrected chi connectivity index (χ0v) is 8.36. The third kappa shape index (κ3) is 2.43. The van der Waals surface area contributed by atoms with Crippen molar-refractivity contribution in [2.45, 2.75) is 12.8 Å². The zero-order chi connectivity index (χ0) is 10.7. The maximum atomic E-state index is 10.5. The maximum absolute atomic E-state index is 10.5. The van der Waals surface area contributed by atoms with Crippen LogP contribution >= 0.6 is 11.6 Å². The maximum Gasteiger partial charge on any atom is 0.271 e. The fourth-order valence-corrected chi connectivity index (χ4v) is 1.33. The molecule has 1 atom stereocenters. The number of rotatable bonds is 3. The Balaban J connectivity index is 3.13. The quantitative estimate of drug-likeness (QED) is 0.622. The Morgan fingerprint density at radius 3 is 2.71 bits per heavy atom. The van der Waals surface area contributed by atoms with E-state index in [9.17, 15) is 10.1 Å². The first-order chi connectivity index (χ1) is 6.54. The Kier molecular flexibility index (Phi) is 3.43. The first-order valence-electron chi connectivity index (χ1n) is 4.10. The van der Waals surface area contributed by atoms with Crippen molar-refractivity contribution < 1.29 is 10.0 Å². The summed E-state index contributed by atoms with van der Waals surface area (Å²) in [4.78, 5) is 10.0. The monoisotopic (exact) mass is 215 g/mol. The molecule has 1 rings (SSSR count). The number of aliphatic hydroxyl groups excluding tert-OH is 1. The predicted molar refractivity (Wildman–Crippen MR) is 53.6 cm³/mol. The average molecular weight is 216 g/mol. The second-order valence-corrected chi connectivity index (χ2v) is 3.52. The van der Waals surface area contributed by atoms with E-state index in [1.165, 1.54) is 12.1 Å². The van der Waals surface area contributed by atoms with Gasteiger partial charge in [-0.25, -0.2) is 0 Å². The summed E-state index contributed by atoms with van der Waals surface area (Å²) in [6.45, 7) is 1.72. The number of nitrogens with zero attached hydrogens (tertiary/aromatic N) is 1. The van der Waals surface area contributed by atoms with Crippen LogP contribution in [0.2, 0.25) is 5.02 Å². The van der Waals surface area contributed by atoms with E-state index in [-0.39, 0.29) is 18.2 Å². The molecule has 0 aliphatic rings. The van der Waals surface area contributed by atoms with Crippen molar-refractivity contribution in [1.82, 2.24) is 0 Å². The molecule has 0 bridgehead atoms. The number of aliphatic hydroxyl groups is 1. The molecule has 0 aliphatic carbocycles. The molecule has 0 saturated heterocycles. The molecule has 0 heterocycles. The second-order valence-electron chi connectivity index (χ2n) is 3.08. The topological polar surface area (TPSA) is 63.4 Å². The highest BCUT2D eigenvalue weighted by Gasteiger charge is 2.12. The molecule has 0 radical (unpaired) electrons. The SMILES string of the molecule is CC(CO)c1cc(Cl)cc([N+](=O)[O-])c1. The van der Waals surface area contributed by atoms with Crippen molar-refractivity contribution in [3.63, 3.8) is 0 Å². The van der Waals surface area contributed by atoms with Crippen LogP contribution in [0.15, 0.2) is 18.2 Å². The zero-order valence-electron chi connectivity index (χ0n) is 7.61. The van der Waals surface area contributed by atoms with Gasteiger partial charge in [0.15, 0.2) is 0 Å². The van der Waals surface area contributed by atoms with Crippen LogP contribution in [0.25, 0.3) is 0 Å². The van der Waals surface area contributed by atoms with Crippen LogP contribution in [0.5, 0.6) is 0 Å². The molecular formula is C9H10ClNO3. The van der Waals surface area contributed by atoms with Gasteiger partial charge in [-0.05, 0) is 11.6 Å². The van der Waals surface area contributed by atoms with Gasteiger partial charge in [0.05, 0.1) is 4.92 Å². The minimum Gasteiger partial charge on any atom is -0.396 e. The first-order valence-corrected chi connectivity index (χ1v) is 4.48. The Bertz CT molecular complexity index is 354. The van der Waals surface area contributed by atoms with Crippen molar-refractivity contribution in [1.29, 1.82) is 0 Å². The molecule has 0 fully saturated rings. The number of hydrogen-bond acceptors (Lipinski definition) is 3. The molecule has 0 aromatic heterocycles. The summed E-state index contributed by atoms with van der Waals surface area (Å²) in [7, 11) is 0. The molecule has 0 spiro atoms. The first kappa shape index (κ1) is 10.9. The molecule has 14 heavy (non-hydrogen) atoms. The molecule has 76 valence electrons. The van der Waals surface area contributed by atoms with Gasteiger partial charge in [0, 0.05) is 29.7 Å². The molecule has 0 saturated carbocycles. The van der Waals surface area contributed by atoms with E-state index in [2.05, 4.69) is 0 Å². The summed E-state index contributed by atoms with van der Waals surface area (Å²) in [5.74, 6) is -0.146. The summed E-state index contributed by atoms with van der Waals surface area (Å²) in [5, 5.41) is 19.7. The lowest BCUT2D eigenvalue weighted by atomic mass is 10.0.